The summed E-state index contributed by atoms with van der Waals surface area (Å²) < 4.78 is 34.6. The highest BCUT2D eigenvalue weighted by molar-refractivity contribution is 7.91. The number of hydrogen-bond donors (Lipinski definition) is 0. The van der Waals surface area contributed by atoms with Crippen LogP contribution in [0.2, 0.25) is 10.0 Å². The molecule has 0 N–H and O–H groups in total. The van der Waals surface area contributed by atoms with Gasteiger partial charge in [0.05, 0.1) is 21.5 Å². The Morgan fingerprint density at radius 3 is 2.52 bits per heavy atom. The molecule has 1 saturated carbocycles. The Balaban J connectivity index is 2.22. The third-order valence-electron chi connectivity index (χ3n) is 4.03. The minimum Gasteiger partial charge on any atom is -0.461 e. The summed E-state index contributed by atoms with van der Waals surface area (Å²) in [4.78, 5) is 25.0. The maximum Gasteiger partial charge on any atom is 0.361 e. The van der Waals surface area contributed by atoms with Crippen molar-refractivity contribution in [3.05, 3.63) is 44.8 Å². The van der Waals surface area contributed by atoms with E-state index >= 15 is 0 Å². The molecule has 3 rings (SSSR count). The molecule has 27 heavy (non-hydrogen) atoms. The molecule has 0 unspecified atom stereocenters. The third-order valence-corrected chi connectivity index (χ3v) is 6.11. The summed E-state index contributed by atoms with van der Waals surface area (Å²) in [5.74, 6) is -1.37. The van der Waals surface area contributed by atoms with Crippen molar-refractivity contribution >= 4 is 44.8 Å². The van der Waals surface area contributed by atoms with E-state index in [2.05, 4.69) is 5.16 Å². The van der Waals surface area contributed by atoms with E-state index in [4.69, 9.17) is 32.5 Å². The van der Waals surface area contributed by atoms with Crippen molar-refractivity contribution in [1.29, 1.82) is 0 Å². The summed E-state index contributed by atoms with van der Waals surface area (Å²) >= 11 is 12.0. The normalized spacial score (nSPS) is 14.2. The van der Waals surface area contributed by atoms with Gasteiger partial charge in [-0.2, -0.15) is 0 Å². The van der Waals surface area contributed by atoms with Gasteiger partial charge in [-0.15, -0.1) is 0 Å². The molecular formula is C17H15Cl2NO6S. The first-order valence-corrected chi connectivity index (χ1v) is 10.7. The predicted molar refractivity (Wildman–Crippen MR) is 97.4 cm³/mol. The van der Waals surface area contributed by atoms with Gasteiger partial charge in [-0.25, -0.2) is 13.2 Å². The fraction of sp³-hybridized carbons (Fsp3) is 0.353. The number of carbonyl (C=O) groups is 2. The molecule has 7 nitrogen and oxygen atoms in total. The number of nitrogens with zero attached hydrogens (tertiary/aromatic N) is 1. The standard InChI is InChI=1S/C17H15Cl2NO6S/c1-3-25-17(22)13-11(15(26-20-13)8-4-5-8)14(21)9-6-7-10(18)12(19)16(9)27(2,23)24/h6-8H,3-5H2,1-2H3. The topological polar surface area (TPSA) is 104 Å². The van der Waals surface area contributed by atoms with Crippen LogP contribution in [0, 0.1) is 0 Å². The summed E-state index contributed by atoms with van der Waals surface area (Å²) in [5, 5.41) is 3.43. The molecule has 0 radical (unpaired) electrons. The summed E-state index contributed by atoms with van der Waals surface area (Å²) in [6.07, 6.45) is 2.47. The minimum absolute atomic E-state index is 0.00741. The van der Waals surface area contributed by atoms with Gasteiger partial charge >= 0.3 is 5.97 Å². The number of hydrogen-bond acceptors (Lipinski definition) is 7. The Morgan fingerprint density at radius 2 is 1.96 bits per heavy atom. The Kier molecular flexibility index (Phi) is 5.33. The summed E-state index contributed by atoms with van der Waals surface area (Å²) in [7, 11) is -3.89. The van der Waals surface area contributed by atoms with Crippen molar-refractivity contribution in [3.63, 3.8) is 0 Å². The van der Waals surface area contributed by atoms with Crippen LogP contribution in [0.3, 0.4) is 0 Å². The van der Waals surface area contributed by atoms with Crippen molar-refractivity contribution in [1.82, 2.24) is 5.16 Å². The number of ketones is 1. The molecule has 0 spiro atoms. The summed E-state index contributed by atoms with van der Waals surface area (Å²) in [6.45, 7) is 1.70. The second kappa shape index (κ2) is 7.26. The van der Waals surface area contributed by atoms with Crippen LogP contribution >= 0.6 is 23.2 Å². The van der Waals surface area contributed by atoms with E-state index in [1.807, 2.05) is 0 Å². The van der Waals surface area contributed by atoms with E-state index in [-0.39, 0.29) is 45.2 Å². The fourth-order valence-electron chi connectivity index (χ4n) is 2.69. The number of ether oxygens (including phenoxy) is 1. The Morgan fingerprint density at radius 1 is 1.30 bits per heavy atom. The third kappa shape index (κ3) is 3.74. The molecule has 1 aliphatic rings. The van der Waals surface area contributed by atoms with Crippen molar-refractivity contribution in [2.75, 3.05) is 12.9 Å². The van der Waals surface area contributed by atoms with Crippen molar-refractivity contribution in [2.45, 2.75) is 30.6 Å². The number of carbonyl (C=O) groups excluding carboxylic acids is 2. The van der Waals surface area contributed by atoms with Gasteiger partial charge in [0.1, 0.15) is 5.56 Å². The predicted octanol–water partition coefficient (Wildman–Crippen LogP) is 3.67. The summed E-state index contributed by atoms with van der Waals surface area (Å²) in [6, 6.07) is 2.58. The van der Waals surface area contributed by atoms with Crippen molar-refractivity contribution in [3.8, 4) is 0 Å². The fourth-order valence-corrected chi connectivity index (χ4v) is 4.49. The molecular weight excluding hydrogens is 417 g/mol. The van der Waals surface area contributed by atoms with E-state index in [1.165, 1.54) is 12.1 Å². The maximum atomic E-state index is 13.2. The van der Waals surface area contributed by atoms with Gasteiger partial charge in [0.2, 0.25) is 11.5 Å². The number of esters is 1. The second-order valence-electron chi connectivity index (χ2n) is 6.10. The van der Waals surface area contributed by atoms with E-state index in [0.717, 1.165) is 19.1 Å². The van der Waals surface area contributed by atoms with Crippen molar-refractivity contribution in [2.24, 2.45) is 0 Å². The molecule has 2 aromatic rings. The van der Waals surface area contributed by atoms with E-state index in [0.29, 0.717) is 0 Å². The van der Waals surface area contributed by atoms with Crippen LogP contribution in [0.25, 0.3) is 0 Å². The lowest BCUT2D eigenvalue weighted by Crippen LogP contribution is -2.16. The van der Waals surface area contributed by atoms with Gasteiger partial charge in [0, 0.05) is 17.7 Å². The highest BCUT2D eigenvalue weighted by Crippen LogP contribution is 2.44. The lowest BCUT2D eigenvalue weighted by atomic mass is 9.99. The monoisotopic (exact) mass is 431 g/mol. The zero-order valence-electron chi connectivity index (χ0n) is 14.4. The number of halogens is 2. The molecule has 1 fully saturated rings. The Bertz CT molecular complexity index is 1040. The smallest absolute Gasteiger partial charge is 0.361 e. The molecule has 0 atom stereocenters. The van der Waals surface area contributed by atoms with Crippen LogP contribution in [0.1, 0.15) is 57.9 Å². The SMILES string of the molecule is CCOC(=O)c1noc(C2CC2)c1C(=O)c1ccc(Cl)c(Cl)c1S(C)(=O)=O. The highest BCUT2D eigenvalue weighted by Gasteiger charge is 2.39. The lowest BCUT2D eigenvalue weighted by molar-refractivity contribution is 0.0512. The highest BCUT2D eigenvalue weighted by atomic mass is 35.5. The molecule has 1 aliphatic carbocycles. The lowest BCUT2D eigenvalue weighted by Gasteiger charge is -2.11. The molecule has 10 heteroatoms. The first-order chi connectivity index (χ1) is 12.7. The quantitative estimate of drug-likeness (QED) is 0.507. The van der Waals surface area contributed by atoms with E-state index in [1.54, 1.807) is 6.92 Å². The Labute approximate surface area is 165 Å². The maximum absolute atomic E-state index is 13.2. The van der Waals surface area contributed by atoms with Crippen LogP contribution in [-0.2, 0) is 14.6 Å². The molecule has 0 aliphatic heterocycles. The van der Waals surface area contributed by atoms with Crippen LogP contribution in [0.4, 0.5) is 0 Å². The average molecular weight is 432 g/mol. The largest absolute Gasteiger partial charge is 0.461 e. The zero-order chi connectivity index (χ0) is 19.9. The van der Waals surface area contributed by atoms with Crippen LogP contribution in [0.5, 0.6) is 0 Å². The van der Waals surface area contributed by atoms with Crippen LogP contribution in [0.15, 0.2) is 21.6 Å². The second-order valence-corrected chi connectivity index (χ2v) is 8.84. The molecule has 144 valence electrons. The Hall–Kier alpha value is -1.90. The minimum atomic E-state index is -3.89. The zero-order valence-corrected chi connectivity index (χ0v) is 16.7. The molecule has 0 amide bonds. The number of sulfone groups is 1. The molecule has 1 heterocycles. The van der Waals surface area contributed by atoms with Gasteiger partial charge < -0.3 is 9.26 Å². The van der Waals surface area contributed by atoms with E-state index < -0.39 is 26.5 Å². The average Bonchev–Trinajstić information content (AvgIpc) is 3.33. The van der Waals surface area contributed by atoms with E-state index in [9.17, 15) is 18.0 Å². The number of aromatic nitrogens is 1. The van der Waals surface area contributed by atoms with Gasteiger partial charge in [0.15, 0.2) is 15.6 Å². The van der Waals surface area contributed by atoms with Gasteiger partial charge in [-0.1, -0.05) is 28.4 Å². The number of benzene rings is 1. The molecule has 0 saturated heterocycles. The molecule has 1 aromatic heterocycles. The van der Waals surface area contributed by atoms with Gasteiger partial charge in [-0.3, -0.25) is 4.79 Å². The first-order valence-electron chi connectivity index (χ1n) is 8.06. The molecule has 1 aromatic carbocycles. The van der Waals surface area contributed by atoms with Crippen LogP contribution < -0.4 is 0 Å². The van der Waals surface area contributed by atoms with Gasteiger partial charge in [-0.05, 0) is 31.9 Å². The molecule has 0 bridgehead atoms. The van der Waals surface area contributed by atoms with Crippen molar-refractivity contribution < 1.29 is 27.3 Å². The van der Waals surface area contributed by atoms with Gasteiger partial charge in [0.25, 0.3) is 0 Å². The first kappa shape index (κ1) is 19.9. The number of rotatable bonds is 6. The van der Waals surface area contributed by atoms with Crippen LogP contribution in [-0.4, -0.2) is 38.2 Å². The summed E-state index contributed by atoms with van der Waals surface area (Å²) in [5.41, 5.74) is -0.587.